The molecule has 1 aromatic rings. The molecule has 0 N–H and O–H groups in total. The minimum absolute atomic E-state index is 0.0792. The van der Waals surface area contributed by atoms with E-state index in [1.807, 2.05) is 0 Å². The van der Waals surface area contributed by atoms with Crippen LogP contribution in [0.2, 0.25) is 0 Å². The molecule has 0 aliphatic heterocycles. The van der Waals surface area contributed by atoms with Gasteiger partial charge in [-0.3, -0.25) is 9.59 Å². The molecule has 0 aromatic heterocycles. The Balaban J connectivity index is 3.13. The number of hydrogen-bond acceptors (Lipinski definition) is 4. The molecule has 102 valence electrons. The zero-order valence-corrected chi connectivity index (χ0v) is 11.2. The molecule has 0 radical (unpaired) electrons. The second kappa shape index (κ2) is 6.58. The van der Waals surface area contributed by atoms with Crippen LogP contribution < -0.4 is 0 Å². The number of carbonyl (C=O) groups excluding carboxylic acids is 2. The molecular weight excluding hydrogens is 259 g/mol. The van der Waals surface area contributed by atoms with Crippen LogP contribution in [-0.4, -0.2) is 17.7 Å². The first-order valence-electron chi connectivity index (χ1n) is 6.11. The molecule has 0 saturated carbocycles. The maximum atomic E-state index is 13.9. The Kier molecular flexibility index (Phi) is 5.11. The van der Waals surface area contributed by atoms with Crippen LogP contribution in [0.25, 0.3) is 0 Å². The lowest BCUT2D eigenvalue weighted by molar-refractivity contribution is -0.125. The minimum Gasteiger partial charge on any atom is -0.296 e. The molecule has 0 heterocycles. The van der Waals surface area contributed by atoms with Gasteiger partial charge in [0, 0.05) is 11.5 Å². The van der Waals surface area contributed by atoms with Crippen molar-refractivity contribution in [1.29, 1.82) is 10.5 Å². The van der Waals surface area contributed by atoms with E-state index in [2.05, 4.69) is 0 Å². The van der Waals surface area contributed by atoms with Gasteiger partial charge in [0.05, 0.1) is 23.3 Å². The van der Waals surface area contributed by atoms with Gasteiger partial charge in [0.1, 0.15) is 0 Å². The third-order valence-corrected chi connectivity index (χ3v) is 3.05. The first-order chi connectivity index (χ1) is 9.44. The molecule has 2 unspecified atom stereocenters. The number of alkyl halides is 1. The average molecular weight is 272 g/mol. The molecule has 0 amide bonds. The van der Waals surface area contributed by atoms with E-state index >= 15 is 0 Å². The summed E-state index contributed by atoms with van der Waals surface area (Å²) < 4.78 is 13.9. The molecular formula is C15H13FN2O2. The quantitative estimate of drug-likeness (QED) is 0.609. The maximum absolute atomic E-state index is 13.9. The lowest BCUT2D eigenvalue weighted by atomic mass is 9.94. The Hall–Kier alpha value is -2.53. The van der Waals surface area contributed by atoms with Gasteiger partial charge < -0.3 is 0 Å². The molecule has 1 aromatic carbocycles. The van der Waals surface area contributed by atoms with E-state index in [-0.39, 0.29) is 16.7 Å². The zero-order valence-electron chi connectivity index (χ0n) is 11.2. The van der Waals surface area contributed by atoms with Crippen LogP contribution in [0.5, 0.6) is 0 Å². The van der Waals surface area contributed by atoms with Gasteiger partial charge in [-0.15, -0.1) is 0 Å². The van der Waals surface area contributed by atoms with Crippen LogP contribution in [0.3, 0.4) is 0 Å². The third kappa shape index (κ3) is 3.27. The number of halogens is 1. The predicted octanol–water partition coefficient (Wildman–Crippen LogP) is 2.57. The maximum Gasteiger partial charge on any atom is 0.221 e. The number of Topliss-reactive ketones (excluding diaryl/α,β-unsaturated/α-hetero) is 2. The normalized spacial score (nSPS) is 12.8. The predicted molar refractivity (Wildman–Crippen MR) is 69.6 cm³/mol. The molecule has 0 aliphatic rings. The van der Waals surface area contributed by atoms with Crippen LogP contribution >= 0.6 is 0 Å². The van der Waals surface area contributed by atoms with Gasteiger partial charge in [-0.05, 0) is 24.6 Å². The van der Waals surface area contributed by atoms with Crippen molar-refractivity contribution in [1.82, 2.24) is 0 Å². The molecule has 0 bridgehead atoms. The number of carbonyl (C=O) groups is 2. The summed E-state index contributed by atoms with van der Waals surface area (Å²) in [5, 5.41) is 17.6. The minimum atomic E-state index is -2.26. The highest BCUT2D eigenvalue weighted by Gasteiger charge is 2.30. The Morgan fingerprint density at radius 3 is 2.10 bits per heavy atom. The van der Waals surface area contributed by atoms with E-state index in [1.165, 1.54) is 18.2 Å². The topological polar surface area (TPSA) is 81.7 Å². The van der Waals surface area contributed by atoms with Crippen molar-refractivity contribution in [3.8, 4) is 12.1 Å². The van der Waals surface area contributed by atoms with Crippen molar-refractivity contribution in [2.45, 2.75) is 26.4 Å². The van der Waals surface area contributed by atoms with E-state index in [9.17, 15) is 14.0 Å². The van der Waals surface area contributed by atoms with Crippen LogP contribution in [0.1, 0.15) is 41.8 Å². The van der Waals surface area contributed by atoms with Gasteiger partial charge in [-0.1, -0.05) is 13.8 Å². The largest absolute Gasteiger partial charge is 0.296 e. The first-order valence-corrected chi connectivity index (χ1v) is 6.11. The van der Waals surface area contributed by atoms with Crippen LogP contribution in [-0.2, 0) is 4.79 Å². The van der Waals surface area contributed by atoms with Crippen LogP contribution in [0.15, 0.2) is 18.2 Å². The third-order valence-electron chi connectivity index (χ3n) is 3.05. The van der Waals surface area contributed by atoms with Crippen molar-refractivity contribution >= 4 is 11.6 Å². The molecule has 5 heteroatoms. The highest BCUT2D eigenvalue weighted by atomic mass is 19.1. The van der Waals surface area contributed by atoms with Crippen molar-refractivity contribution in [3.05, 3.63) is 34.9 Å². The van der Waals surface area contributed by atoms with Crippen molar-refractivity contribution < 1.29 is 14.0 Å². The van der Waals surface area contributed by atoms with Crippen molar-refractivity contribution in [2.24, 2.45) is 5.92 Å². The number of hydrogen-bond donors (Lipinski definition) is 0. The van der Waals surface area contributed by atoms with Gasteiger partial charge in [0.2, 0.25) is 12.0 Å². The lowest BCUT2D eigenvalue weighted by Crippen LogP contribution is -2.30. The Labute approximate surface area is 116 Å². The SMILES string of the molecule is CCC(C)C(=O)C(F)C(=O)c1cc(C#N)cc(C#N)c1. The number of nitrogens with zero attached hydrogens (tertiary/aromatic N) is 2. The molecule has 0 aliphatic carbocycles. The average Bonchev–Trinajstić information content (AvgIpc) is 2.50. The van der Waals surface area contributed by atoms with Crippen molar-refractivity contribution in [2.75, 3.05) is 0 Å². The summed E-state index contributed by atoms with van der Waals surface area (Å²) >= 11 is 0. The summed E-state index contributed by atoms with van der Waals surface area (Å²) in [6.07, 6.45) is -1.82. The van der Waals surface area contributed by atoms with Gasteiger partial charge >= 0.3 is 0 Å². The number of benzene rings is 1. The van der Waals surface area contributed by atoms with E-state index in [0.717, 1.165) is 0 Å². The number of ketones is 2. The van der Waals surface area contributed by atoms with Gasteiger partial charge in [-0.2, -0.15) is 10.5 Å². The smallest absolute Gasteiger partial charge is 0.221 e. The van der Waals surface area contributed by atoms with E-state index < -0.39 is 23.7 Å². The lowest BCUT2D eigenvalue weighted by Gasteiger charge is -2.11. The van der Waals surface area contributed by atoms with Crippen LogP contribution in [0, 0.1) is 28.6 Å². The van der Waals surface area contributed by atoms with E-state index in [4.69, 9.17) is 10.5 Å². The molecule has 0 spiro atoms. The van der Waals surface area contributed by atoms with E-state index in [0.29, 0.717) is 6.42 Å². The fourth-order valence-corrected chi connectivity index (χ4v) is 1.63. The number of nitriles is 2. The van der Waals surface area contributed by atoms with Gasteiger partial charge in [-0.25, -0.2) is 4.39 Å². The Morgan fingerprint density at radius 2 is 1.70 bits per heavy atom. The van der Waals surface area contributed by atoms with Gasteiger partial charge in [0.25, 0.3) is 0 Å². The number of rotatable bonds is 5. The van der Waals surface area contributed by atoms with Crippen molar-refractivity contribution in [3.63, 3.8) is 0 Å². The second-order valence-electron chi connectivity index (χ2n) is 4.46. The second-order valence-corrected chi connectivity index (χ2v) is 4.46. The molecule has 20 heavy (non-hydrogen) atoms. The molecule has 0 saturated heterocycles. The summed E-state index contributed by atoms with van der Waals surface area (Å²) in [6.45, 7) is 3.28. The summed E-state index contributed by atoms with van der Waals surface area (Å²) in [5.74, 6) is -2.34. The summed E-state index contributed by atoms with van der Waals surface area (Å²) in [6, 6.07) is 7.23. The highest BCUT2D eigenvalue weighted by molar-refractivity contribution is 6.13. The fraction of sp³-hybridized carbons (Fsp3) is 0.333. The summed E-state index contributed by atoms with van der Waals surface area (Å²) in [4.78, 5) is 23.6. The standard InChI is InChI=1S/C15H13FN2O2/c1-3-9(2)14(19)13(16)15(20)12-5-10(7-17)4-11(6-12)8-18/h4-6,9,13H,3H2,1-2H3. The molecule has 4 nitrogen and oxygen atoms in total. The first kappa shape index (κ1) is 15.5. The molecule has 2 atom stereocenters. The Bertz CT molecular complexity index is 593. The Morgan fingerprint density at radius 1 is 1.20 bits per heavy atom. The summed E-state index contributed by atoms with van der Waals surface area (Å²) in [7, 11) is 0. The summed E-state index contributed by atoms with van der Waals surface area (Å²) in [5.41, 5.74) is 0.0240. The van der Waals surface area contributed by atoms with E-state index in [1.54, 1.807) is 26.0 Å². The van der Waals surface area contributed by atoms with Crippen LogP contribution in [0.4, 0.5) is 4.39 Å². The monoisotopic (exact) mass is 272 g/mol. The molecule has 1 rings (SSSR count). The molecule has 0 fully saturated rings. The zero-order chi connectivity index (χ0) is 15.3. The van der Waals surface area contributed by atoms with Gasteiger partial charge in [0.15, 0.2) is 5.78 Å². The fourth-order valence-electron chi connectivity index (χ4n) is 1.63. The highest BCUT2D eigenvalue weighted by Crippen LogP contribution is 2.16.